The molecule has 0 fully saturated rings. The van der Waals surface area contributed by atoms with Crippen molar-refractivity contribution in [2.24, 2.45) is 0 Å². The molecule has 0 bridgehead atoms. The van der Waals surface area contributed by atoms with Gasteiger partial charge in [-0.1, -0.05) is 19.8 Å². The lowest BCUT2D eigenvalue weighted by Crippen LogP contribution is -2.16. The number of unbranched alkanes of at least 4 members (excludes halogenated alkanes) is 2. The van der Waals surface area contributed by atoms with Crippen LogP contribution in [0.3, 0.4) is 0 Å². The molecule has 0 saturated carbocycles. The van der Waals surface area contributed by atoms with E-state index in [1.807, 2.05) is 0 Å². The predicted molar refractivity (Wildman–Crippen MR) is 61.2 cm³/mol. The molecule has 0 aromatic rings. The largest absolute Gasteiger partial charge is 0.481 e. The summed E-state index contributed by atoms with van der Waals surface area (Å²) in [6.07, 6.45) is 5.37. The summed E-state index contributed by atoms with van der Waals surface area (Å²) in [5, 5.41) is 8.51. The van der Waals surface area contributed by atoms with Gasteiger partial charge in [-0.25, -0.2) is 0 Å². The van der Waals surface area contributed by atoms with Crippen molar-refractivity contribution in [2.45, 2.75) is 64.9 Å². The smallest absolute Gasteiger partial charge is 0.303 e. The summed E-state index contributed by atoms with van der Waals surface area (Å²) in [5.41, 5.74) is 0. The molecule has 4 nitrogen and oxygen atoms in total. The molecule has 0 aromatic heterocycles. The number of hydrogen-bond acceptors (Lipinski definition) is 3. The van der Waals surface area contributed by atoms with E-state index in [9.17, 15) is 9.59 Å². The normalized spacial score (nSPS) is 12.1. The summed E-state index contributed by atoms with van der Waals surface area (Å²) in [5.74, 6) is -1.08. The average molecular weight is 230 g/mol. The molecule has 4 heteroatoms. The summed E-state index contributed by atoms with van der Waals surface area (Å²) < 4.78 is 5.15. The summed E-state index contributed by atoms with van der Waals surface area (Å²) in [6.45, 7) is 3.51. The fraction of sp³-hybridized carbons (Fsp3) is 0.833. The second-order valence-electron chi connectivity index (χ2n) is 4.01. The standard InChI is InChI=1S/C12H22O4/c1-3-4-5-7-11(16-10(2)13)8-6-9-12(14)15/h11H,3-9H2,1-2H3,(H,14,15). The van der Waals surface area contributed by atoms with Crippen molar-refractivity contribution in [1.82, 2.24) is 0 Å². The maximum Gasteiger partial charge on any atom is 0.303 e. The van der Waals surface area contributed by atoms with Gasteiger partial charge in [0.2, 0.25) is 0 Å². The fourth-order valence-corrected chi connectivity index (χ4v) is 1.60. The second kappa shape index (κ2) is 9.19. The van der Waals surface area contributed by atoms with Gasteiger partial charge in [0.15, 0.2) is 0 Å². The Morgan fingerprint density at radius 2 is 1.81 bits per heavy atom. The topological polar surface area (TPSA) is 63.6 Å². The van der Waals surface area contributed by atoms with Gasteiger partial charge in [-0.3, -0.25) is 9.59 Å². The lowest BCUT2D eigenvalue weighted by atomic mass is 10.1. The van der Waals surface area contributed by atoms with Crippen LogP contribution in [0.2, 0.25) is 0 Å². The van der Waals surface area contributed by atoms with Gasteiger partial charge >= 0.3 is 11.9 Å². The van der Waals surface area contributed by atoms with Crippen LogP contribution in [-0.4, -0.2) is 23.1 Å². The number of esters is 1. The van der Waals surface area contributed by atoms with Crippen LogP contribution in [0.1, 0.15) is 58.8 Å². The Kier molecular flexibility index (Phi) is 8.58. The number of hydrogen-bond donors (Lipinski definition) is 1. The van der Waals surface area contributed by atoms with E-state index in [0.29, 0.717) is 12.8 Å². The zero-order valence-electron chi connectivity index (χ0n) is 10.2. The Balaban J connectivity index is 3.80. The first-order valence-electron chi connectivity index (χ1n) is 5.95. The summed E-state index contributed by atoms with van der Waals surface area (Å²) in [7, 11) is 0. The lowest BCUT2D eigenvalue weighted by Gasteiger charge is -2.16. The summed E-state index contributed by atoms with van der Waals surface area (Å²) in [4.78, 5) is 21.2. The minimum absolute atomic E-state index is 0.108. The van der Waals surface area contributed by atoms with Crippen molar-refractivity contribution in [1.29, 1.82) is 0 Å². The molecule has 1 N–H and O–H groups in total. The summed E-state index contributed by atoms with van der Waals surface area (Å²) in [6, 6.07) is 0. The van der Waals surface area contributed by atoms with Crippen molar-refractivity contribution < 1.29 is 19.4 Å². The fourth-order valence-electron chi connectivity index (χ4n) is 1.60. The third kappa shape index (κ3) is 9.49. The van der Waals surface area contributed by atoms with Crippen LogP contribution in [0, 0.1) is 0 Å². The zero-order valence-corrected chi connectivity index (χ0v) is 10.2. The lowest BCUT2D eigenvalue weighted by molar-refractivity contribution is -0.147. The number of aliphatic carboxylic acids is 1. The molecule has 0 aliphatic carbocycles. The number of carboxylic acids is 1. The third-order valence-electron chi connectivity index (χ3n) is 2.38. The molecular formula is C12H22O4. The van der Waals surface area contributed by atoms with Crippen molar-refractivity contribution >= 4 is 11.9 Å². The molecular weight excluding hydrogens is 208 g/mol. The molecule has 0 saturated heterocycles. The molecule has 0 radical (unpaired) electrons. The van der Waals surface area contributed by atoms with Gasteiger partial charge in [0, 0.05) is 13.3 Å². The maximum atomic E-state index is 10.8. The van der Waals surface area contributed by atoms with Crippen molar-refractivity contribution in [3.63, 3.8) is 0 Å². The summed E-state index contributed by atoms with van der Waals surface area (Å²) >= 11 is 0. The van der Waals surface area contributed by atoms with Crippen LogP contribution in [0.15, 0.2) is 0 Å². The van der Waals surface area contributed by atoms with Crippen molar-refractivity contribution in [2.75, 3.05) is 0 Å². The van der Waals surface area contributed by atoms with Crippen LogP contribution in [0.25, 0.3) is 0 Å². The van der Waals surface area contributed by atoms with Crippen molar-refractivity contribution in [3.8, 4) is 0 Å². The van der Waals surface area contributed by atoms with E-state index < -0.39 is 5.97 Å². The zero-order chi connectivity index (χ0) is 12.4. The van der Waals surface area contributed by atoms with Gasteiger partial charge in [0.05, 0.1) is 0 Å². The highest BCUT2D eigenvalue weighted by Crippen LogP contribution is 2.13. The van der Waals surface area contributed by atoms with Gasteiger partial charge < -0.3 is 9.84 Å². The van der Waals surface area contributed by atoms with Crippen LogP contribution < -0.4 is 0 Å². The molecule has 16 heavy (non-hydrogen) atoms. The molecule has 0 rings (SSSR count). The Labute approximate surface area is 97.0 Å². The van der Waals surface area contributed by atoms with Crippen LogP contribution in [0.4, 0.5) is 0 Å². The minimum atomic E-state index is -0.796. The van der Waals surface area contributed by atoms with Gasteiger partial charge in [0.25, 0.3) is 0 Å². The van der Waals surface area contributed by atoms with E-state index in [4.69, 9.17) is 9.84 Å². The molecule has 0 aliphatic rings. The van der Waals surface area contributed by atoms with Crippen LogP contribution in [-0.2, 0) is 14.3 Å². The Morgan fingerprint density at radius 3 is 2.31 bits per heavy atom. The number of ether oxygens (including phenoxy) is 1. The van der Waals surface area contributed by atoms with Crippen LogP contribution in [0.5, 0.6) is 0 Å². The van der Waals surface area contributed by atoms with E-state index in [-0.39, 0.29) is 18.5 Å². The number of rotatable bonds is 9. The van der Waals surface area contributed by atoms with E-state index in [1.54, 1.807) is 0 Å². The maximum absolute atomic E-state index is 10.8. The number of carbonyl (C=O) groups excluding carboxylic acids is 1. The molecule has 1 unspecified atom stereocenters. The second-order valence-corrected chi connectivity index (χ2v) is 4.01. The highest BCUT2D eigenvalue weighted by molar-refractivity contribution is 5.67. The Morgan fingerprint density at radius 1 is 1.19 bits per heavy atom. The molecule has 0 amide bonds. The Hall–Kier alpha value is -1.06. The first-order valence-corrected chi connectivity index (χ1v) is 5.95. The van der Waals surface area contributed by atoms with Gasteiger partial charge in [0.1, 0.15) is 6.10 Å². The monoisotopic (exact) mass is 230 g/mol. The molecule has 1 atom stereocenters. The third-order valence-corrected chi connectivity index (χ3v) is 2.38. The van der Waals surface area contributed by atoms with Gasteiger partial charge in [-0.05, 0) is 25.7 Å². The van der Waals surface area contributed by atoms with E-state index in [0.717, 1.165) is 25.7 Å². The highest BCUT2D eigenvalue weighted by Gasteiger charge is 2.12. The first kappa shape index (κ1) is 14.9. The molecule has 0 aliphatic heterocycles. The van der Waals surface area contributed by atoms with Gasteiger partial charge in [-0.15, -0.1) is 0 Å². The first-order chi connectivity index (χ1) is 7.56. The van der Waals surface area contributed by atoms with Crippen LogP contribution >= 0.6 is 0 Å². The highest BCUT2D eigenvalue weighted by atomic mass is 16.5. The van der Waals surface area contributed by atoms with Crippen molar-refractivity contribution in [3.05, 3.63) is 0 Å². The number of carboxylic acid groups (broad SMARTS) is 1. The van der Waals surface area contributed by atoms with E-state index >= 15 is 0 Å². The quantitative estimate of drug-likeness (QED) is 0.488. The molecule has 0 heterocycles. The van der Waals surface area contributed by atoms with E-state index in [2.05, 4.69) is 6.92 Å². The molecule has 94 valence electrons. The number of carbonyl (C=O) groups is 2. The molecule has 0 spiro atoms. The average Bonchev–Trinajstić information content (AvgIpc) is 2.16. The Bertz CT molecular complexity index is 213. The molecule has 0 aromatic carbocycles. The van der Waals surface area contributed by atoms with E-state index in [1.165, 1.54) is 6.92 Å². The van der Waals surface area contributed by atoms with Gasteiger partial charge in [-0.2, -0.15) is 0 Å². The SMILES string of the molecule is CCCCCC(CCCC(=O)O)OC(C)=O. The predicted octanol–water partition coefficient (Wildman–Crippen LogP) is 2.75. The minimum Gasteiger partial charge on any atom is -0.481 e.